The molecule has 2 bridgehead atoms. The minimum absolute atomic E-state index is 0.00245. The molecule has 0 aromatic carbocycles. The SMILES string of the molecule is CCCC(C)NC(=O)C1N(CCO)C(=O)[C@@H]2[C@@H](C(=O)OCC)[C@H]3CC(C)C12S3. The van der Waals surface area contributed by atoms with E-state index < -0.39 is 22.6 Å². The lowest BCUT2D eigenvalue weighted by Gasteiger charge is -2.38. The number of likely N-dealkylation sites (tertiary alicyclic amines) is 1. The summed E-state index contributed by atoms with van der Waals surface area (Å²) in [5.74, 6) is -1.65. The molecule has 3 aliphatic heterocycles. The van der Waals surface area contributed by atoms with E-state index in [1.54, 1.807) is 18.7 Å². The van der Waals surface area contributed by atoms with Crippen LogP contribution in [0, 0.1) is 17.8 Å². The van der Waals surface area contributed by atoms with E-state index in [0.29, 0.717) is 0 Å². The number of aliphatic hydroxyl groups excluding tert-OH is 1. The van der Waals surface area contributed by atoms with Gasteiger partial charge in [-0.05, 0) is 32.6 Å². The van der Waals surface area contributed by atoms with Gasteiger partial charge in [0.1, 0.15) is 6.04 Å². The second-order valence-corrected chi connectivity index (χ2v) is 9.81. The molecule has 0 radical (unpaired) electrons. The molecule has 3 saturated heterocycles. The van der Waals surface area contributed by atoms with Gasteiger partial charge in [0.2, 0.25) is 11.8 Å². The minimum Gasteiger partial charge on any atom is -0.466 e. The maximum atomic E-state index is 13.4. The number of amides is 2. The van der Waals surface area contributed by atoms with Gasteiger partial charge in [0.05, 0.1) is 29.8 Å². The van der Waals surface area contributed by atoms with Crippen molar-refractivity contribution >= 4 is 29.5 Å². The summed E-state index contributed by atoms with van der Waals surface area (Å²) in [5.41, 5.74) is 0. The Kier molecular flexibility index (Phi) is 6.29. The predicted molar refractivity (Wildman–Crippen MR) is 107 cm³/mol. The van der Waals surface area contributed by atoms with Crippen LogP contribution in [0.2, 0.25) is 0 Å². The molecule has 1 spiro atoms. The fraction of sp³-hybridized carbons (Fsp3) is 0.850. The largest absolute Gasteiger partial charge is 0.466 e. The highest BCUT2D eigenvalue weighted by Crippen LogP contribution is 2.68. The van der Waals surface area contributed by atoms with E-state index in [1.165, 1.54) is 4.90 Å². The number of nitrogens with zero attached hydrogens (tertiary/aromatic N) is 1. The predicted octanol–water partition coefficient (Wildman–Crippen LogP) is 1.18. The number of rotatable bonds is 8. The molecule has 3 heterocycles. The van der Waals surface area contributed by atoms with Gasteiger partial charge < -0.3 is 20.1 Å². The maximum Gasteiger partial charge on any atom is 0.310 e. The molecule has 3 rings (SSSR count). The topological polar surface area (TPSA) is 95.9 Å². The summed E-state index contributed by atoms with van der Waals surface area (Å²) in [6.45, 7) is 8.03. The quantitative estimate of drug-likeness (QED) is 0.582. The lowest BCUT2D eigenvalue weighted by Crippen LogP contribution is -2.57. The number of hydrogen-bond acceptors (Lipinski definition) is 6. The lowest BCUT2D eigenvalue weighted by atomic mass is 9.66. The van der Waals surface area contributed by atoms with Crippen molar-refractivity contribution < 1.29 is 24.2 Å². The molecule has 3 aliphatic rings. The van der Waals surface area contributed by atoms with E-state index in [1.807, 2.05) is 6.92 Å². The third kappa shape index (κ3) is 3.12. The Morgan fingerprint density at radius 3 is 2.75 bits per heavy atom. The zero-order valence-corrected chi connectivity index (χ0v) is 18.0. The van der Waals surface area contributed by atoms with E-state index >= 15 is 0 Å². The summed E-state index contributed by atoms with van der Waals surface area (Å²) in [5, 5.41) is 12.6. The summed E-state index contributed by atoms with van der Waals surface area (Å²) in [6.07, 6.45) is 2.61. The van der Waals surface area contributed by atoms with Gasteiger partial charge in [-0.1, -0.05) is 20.3 Å². The van der Waals surface area contributed by atoms with Crippen molar-refractivity contribution in [2.24, 2.45) is 17.8 Å². The zero-order chi connectivity index (χ0) is 20.6. The number of esters is 1. The first-order valence-electron chi connectivity index (χ1n) is 10.4. The third-order valence-corrected chi connectivity index (χ3v) is 8.58. The molecule has 3 fully saturated rings. The average Bonchev–Trinajstić information content (AvgIpc) is 3.20. The van der Waals surface area contributed by atoms with Crippen molar-refractivity contribution in [3.63, 3.8) is 0 Å². The number of carbonyl (C=O) groups is 3. The number of carbonyl (C=O) groups excluding carboxylic acids is 3. The molecule has 0 saturated carbocycles. The van der Waals surface area contributed by atoms with Crippen LogP contribution < -0.4 is 5.32 Å². The molecule has 8 heteroatoms. The standard InChI is InChI=1S/C20H32N2O5S/c1-5-7-12(4)21-17(24)16-20-11(3)10-13(28-20)14(19(26)27-6-2)15(20)18(25)22(16)8-9-23/h11-16,23H,5-10H2,1-4H3,(H,21,24)/t11?,12?,13-,14+,15+,16?,20?/m1/s1. The van der Waals surface area contributed by atoms with Gasteiger partial charge in [-0.2, -0.15) is 0 Å². The summed E-state index contributed by atoms with van der Waals surface area (Å²) in [7, 11) is 0. The van der Waals surface area contributed by atoms with Gasteiger partial charge in [-0.25, -0.2) is 0 Å². The molecule has 7 atom stereocenters. The van der Waals surface area contributed by atoms with Crippen LogP contribution >= 0.6 is 11.8 Å². The van der Waals surface area contributed by atoms with Crippen LogP contribution in [0.25, 0.3) is 0 Å². The lowest BCUT2D eigenvalue weighted by molar-refractivity contribution is -0.154. The number of nitrogens with one attached hydrogen (secondary N) is 1. The van der Waals surface area contributed by atoms with Crippen molar-refractivity contribution in [3.05, 3.63) is 0 Å². The van der Waals surface area contributed by atoms with E-state index in [0.717, 1.165) is 19.3 Å². The highest BCUT2D eigenvalue weighted by atomic mass is 32.2. The summed E-state index contributed by atoms with van der Waals surface area (Å²) < 4.78 is 4.65. The Morgan fingerprint density at radius 2 is 2.14 bits per heavy atom. The Bertz CT molecular complexity index is 644. The third-order valence-electron chi connectivity index (χ3n) is 6.50. The van der Waals surface area contributed by atoms with Crippen molar-refractivity contribution in [1.82, 2.24) is 10.2 Å². The number of ether oxygens (including phenoxy) is 1. The molecular weight excluding hydrogens is 380 g/mol. The molecule has 2 amide bonds. The van der Waals surface area contributed by atoms with Crippen LogP contribution in [0.15, 0.2) is 0 Å². The number of fused-ring (bicyclic) bond motifs is 1. The van der Waals surface area contributed by atoms with E-state index in [4.69, 9.17) is 4.74 Å². The maximum absolute atomic E-state index is 13.4. The summed E-state index contributed by atoms with van der Waals surface area (Å²) in [4.78, 5) is 40.9. The number of β-amino-alcohol motifs (C(OH)–C–C–N with tert-alkyl or cyclic N) is 1. The van der Waals surface area contributed by atoms with Gasteiger partial charge in [0, 0.05) is 17.8 Å². The fourth-order valence-electron chi connectivity index (χ4n) is 5.50. The molecule has 0 aliphatic carbocycles. The van der Waals surface area contributed by atoms with Crippen molar-refractivity contribution in [2.75, 3.05) is 19.8 Å². The normalized spacial score (nSPS) is 37.1. The Hall–Kier alpha value is -1.28. The second kappa shape index (κ2) is 8.22. The molecular formula is C20H32N2O5S. The van der Waals surface area contributed by atoms with Crippen LogP contribution in [-0.2, 0) is 19.1 Å². The first-order valence-corrected chi connectivity index (χ1v) is 11.3. The fourth-order valence-corrected chi connectivity index (χ4v) is 7.91. The van der Waals surface area contributed by atoms with Gasteiger partial charge in [0.15, 0.2) is 0 Å². The average molecular weight is 413 g/mol. The van der Waals surface area contributed by atoms with E-state index in [-0.39, 0.29) is 54.8 Å². The molecule has 2 N–H and O–H groups in total. The van der Waals surface area contributed by atoms with Gasteiger partial charge in [-0.15, -0.1) is 11.8 Å². The van der Waals surface area contributed by atoms with Crippen LogP contribution in [0.3, 0.4) is 0 Å². The zero-order valence-electron chi connectivity index (χ0n) is 17.1. The minimum atomic E-state index is -0.666. The van der Waals surface area contributed by atoms with Gasteiger partial charge in [-0.3, -0.25) is 14.4 Å². The number of hydrogen-bond donors (Lipinski definition) is 2. The smallest absolute Gasteiger partial charge is 0.310 e. The second-order valence-electron chi connectivity index (χ2n) is 8.26. The number of thioether (sulfide) groups is 1. The van der Waals surface area contributed by atoms with Crippen LogP contribution in [0.5, 0.6) is 0 Å². The van der Waals surface area contributed by atoms with Crippen LogP contribution in [0.4, 0.5) is 0 Å². The molecule has 28 heavy (non-hydrogen) atoms. The van der Waals surface area contributed by atoms with E-state index in [9.17, 15) is 19.5 Å². The van der Waals surface area contributed by atoms with Crippen molar-refractivity contribution in [2.45, 2.75) is 69.0 Å². The van der Waals surface area contributed by atoms with E-state index in [2.05, 4.69) is 19.2 Å². The Morgan fingerprint density at radius 1 is 1.43 bits per heavy atom. The summed E-state index contributed by atoms with van der Waals surface area (Å²) >= 11 is 1.62. The van der Waals surface area contributed by atoms with Gasteiger partial charge in [0.25, 0.3) is 0 Å². The first kappa shape index (κ1) is 21.4. The van der Waals surface area contributed by atoms with Gasteiger partial charge >= 0.3 is 5.97 Å². The summed E-state index contributed by atoms with van der Waals surface area (Å²) in [6, 6.07) is -0.653. The molecule has 7 nitrogen and oxygen atoms in total. The highest BCUT2D eigenvalue weighted by molar-refractivity contribution is 8.02. The van der Waals surface area contributed by atoms with Crippen molar-refractivity contribution in [3.8, 4) is 0 Å². The molecule has 4 unspecified atom stereocenters. The highest BCUT2D eigenvalue weighted by Gasteiger charge is 2.76. The monoisotopic (exact) mass is 412 g/mol. The Balaban J connectivity index is 1.98. The van der Waals surface area contributed by atoms with Crippen LogP contribution in [0.1, 0.15) is 47.0 Å². The number of aliphatic hydroxyl groups is 1. The molecule has 0 aromatic heterocycles. The molecule has 158 valence electrons. The van der Waals surface area contributed by atoms with Crippen LogP contribution in [-0.4, -0.2) is 69.6 Å². The molecule has 0 aromatic rings. The first-order chi connectivity index (χ1) is 13.3. The Labute approximate surface area is 170 Å². The van der Waals surface area contributed by atoms with Crippen molar-refractivity contribution in [1.29, 1.82) is 0 Å².